The van der Waals surface area contributed by atoms with E-state index in [1.807, 2.05) is 13.0 Å². The lowest BCUT2D eigenvalue weighted by Crippen LogP contribution is -2.37. The zero-order valence-electron chi connectivity index (χ0n) is 10.4. The largest absolute Gasteiger partial charge is 0.395 e. The Balaban J connectivity index is 1.90. The molecule has 0 heterocycles. The van der Waals surface area contributed by atoms with Gasteiger partial charge in [-0.3, -0.25) is 0 Å². The first-order valence-electron chi connectivity index (χ1n) is 6.36. The monoisotopic (exact) mass is 239 g/mol. The van der Waals surface area contributed by atoms with E-state index in [1.54, 1.807) is 0 Å². The van der Waals surface area contributed by atoms with E-state index in [2.05, 4.69) is 47.8 Å². The lowest BCUT2D eigenvalue weighted by atomic mass is 9.80. The first-order chi connectivity index (χ1) is 8.79. The Bertz CT molecular complexity index is 547. The fourth-order valence-corrected chi connectivity index (χ4v) is 2.49. The maximum absolute atomic E-state index is 9.13. The van der Waals surface area contributed by atoms with Crippen molar-refractivity contribution in [2.45, 2.75) is 19.0 Å². The number of nitrogens with one attached hydrogen (secondary N) is 1. The molecule has 2 nitrogen and oxygen atoms in total. The van der Waals surface area contributed by atoms with E-state index in [0.29, 0.717) is 0 Å². The van der Waals surface area contributed by atoms with Crippen LogP contribution in [0.3, 0.4) is 0 Å². The molecule has 0 spiro atoms. The third-order valence-corrected chi connectivity index (χ3v) is 3.53. The maximum Gasteiger partial charge on any atom is 0.0585 e. The predicted molar refractivity (Wildman–Crippen MR) is 73.4 cm³/mol. The molecule has 0 aliphatic heterocycles. The molecule has 4 rings (SSSR count). The average molecular weight is 239 g/mol. The minimum absolute atomic E-state index is 0.122. The Hall–Kier alpha value is -1.64. The van der Waals surface area contributed by atoms with Crippen molar-refractivity contribution in [3.05, 3.63) is 59.7 Å². The van der Waals surface area contributed by atoms with Crippen LogP contribution in [0.5, 0.6) is 0 Å². The van der Waals surface area contributed by atoms with Crippen molar-refractivity contribution in [1.29, 1.82) is 0 Å². The van der Waals surface area contributed by atoms with Gasteiger partial charge in [0, 0.05) is 6.04 Å². The van der Waals surface area contributed by atoms with Gasteiger partial charge in [-0.25, -0.2) is 0 Å². The summed E-state index contributed by atoms with van der Waals surface area (Å²) in [6, 6.07) is 17.4. The summed E-state index contributed by atoms with van der Waals surface area (Å²) in [5, 5.41) is 12.6. The molecule has 18 heavy (non-hydrogen) atoms. The highest BCUT2D eigenvalue weighted by atomic mass is 16.3. The van der Waals surface area contributed by atoms with E-state index in [0.717, 1.165) is 0 Å². The van der Waals surface area contributed by atoms with Gasteiger partial charge in [-0.05, 0) is 29.2 Å². The van der Waals surface area contributed by atoms with Crippen LogP contribution in [0.15, 0.2) is 48.5 Å². The second-order valence-corrected chi connectivity index (χ2v) is 4.90. The molecule has 0 amide bonds. The SMILES string of the molecule is CC(CO)NC1c2ccc(-c3ccccc3)c1c2. The second-order valence-electron chi connectivity index (χ2n) is 4.90. The molecule has 0 fully saturated rings. The highest BCUT2D eigenvalue weighted by Crippen LogP contribution is 2.40. The van der Waals surface area contributed by atoms with E-state index in [9.17, 15) is 0 Å². The lowest BCUT2D eigenvalue weighted by Gasteiger charge is -2.33. The first kappa shape index (κ1) is 11.5. The normalized spacial score (nSPS) is 18.2. The van der Waals surface area contributed by atoms with Crippen LogP contribution in [-0.4, -0.2) is 17.8 Å². The molecule has 2 bridgehead atoms. The number of hydrogen-bond acceptors (Lipinski definition) is 2. The van der Waals surface area contributed by atoms with E-state index in [1.165, 1.54) is 22.3 Å². The number of benzene rings is 2. The van der Waals surface area contributed by atoms with Crippen LogP contribution in [0.1, 0.15) is 24.1 Å². The van der Waals surface area contributed by atoms with Crippen LogP contribution < -0.4 is 5.32 Å². The number of rotatable bonds is 4. The average Bonchev–Trinajstić information content (AvgIpc) is 2.45. The fourth-order valence-electron chi connectivity index (χ4n) is 2.49. The standard InChI is InChI=1S/C16H17NO/c1-11(10-18)17-16-13-7-8-14(15(16)9-13)12-5-3-2-4-6-12/h2-9,11,16-18H,10H2,1H3. The van der Waals surface area contributed by atoms with Crippen molar-refractivity contribution < 1.29 is 5.11 Å². The predicted octanol–water partition coefficient (Wildman–Crippen LogP) is 2.73. The first-order valence-corrected chi connectivity index (χ1v) is 6.36. The third-order valence-electron chi connectivity index (χ3n) is 3.53. The molecule has 0 aromatic heterocycles. The molecule has 0 radical (unpaired) electrons. The maximum atomic E-state index is 9.13. The molecule has 2 atom stereocenters. The summed E-state index contributed by atoms with van der Waals surface area (Å²) >= 11 is 0. The molecule has 2 aromatic rings. The van der Waals surface area contributed by atoms with Crippen LogP contribution in [0.4, 0.5) is 0 Å². The van der Waals surface area contributed by atoms with Gasteiger partial charge in [0.1, 0.15) is 0 Å². The molecule has 2 heteroatoms. The number of aliphatic hydroxyl groups excluding tert-OH is 1. The van der Waals surface area contributed by atoms with Gasteiger partial charge in [-0.1, -0.05) is 48.5 Å². The van der Waals surface area contributed by atoms with Crippen molar-refractivity contribution >= 4 is 0 Å². The lowest BCUT2D eigenvalue weighted by molar-refractivity contribution is 0.244. The van der Waals surface area contributed by atoms with Crippen molar-refractivity contribution in [2.75, 3.05) is 6.61 Å². The van der Waals surface area contributed by atoms with Gasteiger partial charge in [0.25, 0.3) is 0 Å². The topological polar surface area (TPSA) is 32.3 Å². The highest BCUT2D eigenvalue weighted by Gasteiger charge is 2.27. The molecule has 2 aliphatic rings. The summed E-state index contributed by atoms with van der Waals surface area (Å²) in [6.07, 6.45) is 0. The Kier molecular flexibility index (Phi) is 2.90. The van der Waals surface area contributed by atoms with Crippen molar-refractivity contribution in [2.24, 2.45) is 0 Å². The second kappa shape index (κ2) is 4.56. The smallest absolute Gasteiger partial charge is 0.0585 e. The Labute approximate surface area is 107 Å². The number of fused-ring (bicyclic) bond motifs is 2. The van der Waals surface area contributed by atoms with Crippen LogP contribution in [0.2, 0.25) is 0 Å². The minimum Gasteiger partial charge on any atom is -0.395 e. The van der Waals surface area contributed by atoms with Crippen molar-refractivity contribution in [3.8, 4) is 11.1 Å². The van der Waals surface area contributed by atoms with E-state index < -0.39 is 0 Å². The minimum atomic E-state index is 0.122. The van der Waals surface area contributed by atoms with Gasteiger partial charge in [0.05, 0.1) is 12.6 Å². The van der Waals surface area contributed by atoms with Gasteiger partial charge in [-0.2, -0.15) is 0 Å². The summed E-state index contributed by atoms with van der Waals surface area (Å²) in [7, 11) is 0. The Morgan fingerprint density at radius 3 is 2.61 bits per heavy atom. The van der Waals surface area contributed by atoms with Gasteiger partial charge in [0.15, 0.2) is 0 Å². The molecule has 92 valence electrons. The quantitative estimate of drug-likeness (QED) is 0.860. The molecular formula is C16H17NO. The molecule has 0 saturated carbocycles. The van der Waals surface area contributed by atoms with Gasteiger partial charge in [0.2, 0.25) is 0 Å². The summed E-state index contributed by atoms with van der Waals surface area (Å²) in [5.74, 6) is 0. The van der Waals surface area contributed by atoms with Gasteiger partial charge >= 0.3 is 0 Å². The Morgan fingerprint density at radius 2 is 1.94 bits per heavy atom. The molecule has 2 aliphatic carbocycles. The fraction of sp³-hybridized carbons (Fsp3) is 0.250. The van der Waals surface area contributed by atoms with E-state index >= 15 is 0 Å². The van der Waals surface area contributed by atoms with Crippen molar-refractivity contribution in [1.82, 2.24) is 5.32 Å². The van der Waals surface area contributed by atoms with Crippen LogP contribution in [0.25, 0.3) is 11.1 Å². The molecule has 2 aromatic carbocycles. The van der Waals surface area contributed by atoms with Gasteiger partial charge in [-0.15, -0.1) is 0 Å². The Morgan fingerprint density at radius 1 is 1.17 bits per heavy atom. The molecular weight excluding hydrogens is 222 g/mol. The number of aliphatic hydroxyl groups is 1. The van der Waals surface area contributed by atoms with Gasteiger partial charge < -0.3 is 10.4 Å². The summed E-state index contributed by atoms with van der Waals surface area (Å²) in [4.78, 5) is 0. The zero-order chi connectivity index (χ0) is 12.5. The highest BCUT2D eigenvalue weighted by molar-refractivity contribution is 5.72. The summed E-state index contributed by atoms with van der Waals surface area (Å²) < 4.78 is 0. The summed E-state index contributed by atoms with van der Waals surface area (Å²) in [5.41, 5.74) is 5.18. The van der Waals surface area contributed by atoms with E-state index in [4.69, 9.17) is 5.11 Å². The number of hydrogen-bond donors (Lipinski definition) is 2. The van der Waals surface area contributed by atoms with Crippen LogP contribution >= 0.6 is 0 Å². The van der Waals surface area contributed by atoms with Crippen LogP contribution in [0, 0.1) is 0 Å². The van der Waals surface area contributed by atoms with Crippen molar-refractivity contribution in [3.63, 3.8) is 0 Å². The molecule has 0 saturated heterocycles. The zero-order valence-corrected chi connectivity index (χ0v) is 10.4. The summed E-state index contributed by atoms with van der Waals surface area (Å²) in [6.45, 7) is 2.17. The molecule has 2 unspecified atom stereocenters. The van der Waals surface area contributed by atoms with E-state index in [-0.39, 0.29) is 18.7 Å². The molecule has 2 N–H and O–H groups in total. The van der Waals surface area contributed by atoms with Crippen LogP contribution in [-0.2, 0) is 0 Å². The third kappa shape index (κ3) is 1.84.